The summed E-state index contributed by atoms with van der Waals surface area (Å²) in [7, 11) is 2.80. The van der Waals surface area contributed by atoms with Crippen LogP contribution >= 0.6 is 23.2 Å². The first-order chi connectivity index (χ1) is 8.08. The van der Waals surface area contributed by atoms with Gasteiger partial charge in [0.25, 0.3) is 0 Å². The lowest BCUT2D eigenvalue weighted by Gasteiger charge is -2.08. The third-order valence-electron chi connectivity index (χ3n) is 2.47. The molecule has 1 aliphatic heterocycles. The summed E-state index contributed by atoms with van der Waals surface area (Å²) in [5.41, 5.74) is 0.653. The van der Waals surface area contributed by atoms with Crippen molar-refractivity contribution in [3.63, 3.8) is 0 Å². The first-order valence-corrected chi connectivity index (χ1v) is 5.60. The zero-order valence-electron chi connectivity index (χ0n) is 9.20. The van der Waals surface area contributed by atoms with E-state index in [0.717, 1.165) is 0 Å². The number of carbonyl (C=O) groups is 1. The van der Waals surface area contributed by atoms with Crippen LogP contribution in [0.2, 0.25) is 10.0 Å². The Balaban J connectivity index is 2.31. The minimum atomic E-state index is -0.608. The molecular weight excluding hydrogens is 267 g/mol. The zero-order chi connectivity index (χ0) is 12.6. The normalized spacial score (nSPS) is 22.1. The van der Waals surface area contributed by atoms with E-state index >= 15 is 0 Å². The Morgan fingerprint density at radius 2 is 2.06 bits per heavy atom. The highest BCUT2D eigenvalue weighted by atomic mass is 35.5. The molecule has 1 saturated heterocycles. The largest absolute Gasteiger partial charge is 0.495 e. The molecule has 0 bridgehead atoms. The Hall–Kier alpha value is -0.970. The lowest BCUT2D eigenvalue weighted by Crippen LogP contribution is -2.09. The molecule has 0 unspecified atom stereocenters. The predicted octanol–water partition coefficient (Wildman–Crippen LogP) is 2.61. The summed E-state index contributed by atoms with van der Waals surface area (Å²) in [4.78, 5) is 11.3. The van der Waals surface area contributed by atoms with Crippen LogP contribution in [0.3, 0.4) is 0 Å². The van der Waals surface area contributed by atoms with Crippen LogP contribution in [0, 0.1) is 0 Å². The molecule has 1 aromatic rings. The summed E-state index contributed by atoms with van der Waals surface area (Å²) in [5.74, 6) is 0.0422. The van der Waals surface area contributed by atoms with Crippen molar-refractivity contribution >= 4 is 29.2 Å². The van der Waals surface area contributed by atoms with Gasteiger partial charge in [-0.05, 0) is 12.1 Å². The molecule has 0 spiro atoms. The minimum Gasteiger partial charge on any atom is -0.495 e. The Morgan fingerprint density at radius 3 is 2.65 bits per heavy atom. The van der Waals surface area contributed by atoms with Crippen molar-refractivity contribution < 1.29 is 19.0 Å². The second-order valence-corrected chi connectivity index (χ2v) is 4.35. The summed E-state index contributed by atoms with van der Waals surface area (Å²) in [5, 5.41) is 0.846. The molecule has 1 heterocycles. The fourth-order valence-corrected chi connectivity index (χ4v) is 2.24. The minimum absolute atomic E-state index is 0.383. The first kappa shape index (κ1) is 12.5. The molecule has 0 N–H and O–H groups in total. The number of ether oxygens (including phenoxy) is 3. The highest BCUT2D eigenvalue weighted by Gasteiger charge is 2.49. The lowest BCUT2D eigenvalue weighted by atomic mass is 10.1. The van der Waals surface area contributed by atoms with E-state index in [-0.39, 0.29) is 0 Å². The van der Waals surface area contributed by atoms with Gasteiger partial charge in [0.1, 0.15) is 11.9 Å². The van der Waals surface area contributed by atoms with Gasteiger partial charge in [-0.15, -0.1) is 0 Å². The van der Waals surface area contributed by atoms with Crippen LogP contribution in [0.5, 0.6) is 5.75 Å². The number of benzene rings is 1. The molecule has 0 amide bonds. The van der Waals surface area contributed by atoms with Crippen LogP contribution in [0.4, 0.5) is 0 Å². The number of rotatable bonds is 3. The summed E-state index contributed by atoms with van der Waals surface area (Å²) >= 11 is 11.9. The fraction of sp³-hybridized carbons (Fsp3) is 0.364. The molecule has 0 aliphatic carbocycles. The van der Waals surface area contributed by atoms with Gasteiger partial charge in [-0.3, -0.25) is 0 Å². The van der Waals surface area contributed by atoms with Crippen LogP contribution in [-0.2, 0) is 14.3 Å². The van der Waals surface area contributed by atoms with E-state index < -0.39 is 18.2 Å². The molecule has 6 heteroatoms. The van der Waals surface area contributed by atoms with Gasteiger partial charge in [0.15, 0.2) is 6.10 Å². The van der Waals surface area contributed by atoms with E-state index in [1.54, 1.807) is 12.1 Å². The lowest BCUT2D eigenvalue weighted by molar-refractivity contribution is -0.142. The number of hydrogen-bond acceptors (Lipinski definition) is 4. The van der Waals surface area contributed by atoms with Gasteiger partial charge in [0.05, 0.1) is 19.2 Å². The number of esters is 1. The van der Waals surface area contributed by atoms with E-state index in [9.17, 15) is 4.79 Å². The average Bonchev–Trinajstić information content (AvgIpc) is 3.07. The van der Waals surface area contributed by atoms with Gasteiger partial charge in [-0.1, -0.05) is 23.2 Å². The zero-order valence-corrected chi connectivity index (χ0v) is 10.7. The molecule has 2 atom stereocenters. The maximum atomic E-state index is 11.3. The first-order valence-electron chi connectivity index (χ1n) is 4.84. The fourth-order valence-electron chi connectivity index (χ4n) is 1.65. The maximum Gasteiger partial charge on any atom is 0.338 e. The quantitative estimate of drug-likeness (QED) is 0.629. The van der Waals surface area contributed by atoms with Crippen LogP contribution in [0.15, 0.2) is 12.1 Å². The number of halogens is 2. The summed E-state index contributed by atoms with van der Waals surface area (Å²) < 4.78 is 15.0. The van der Waals surface area contributed by atoms with Gasteiger partial charge in [-0.2, -0.15) is 0 Å². The Bertz CT molecular complexity index is 461. The van der Waals surface area contributed by atoms with E-state index in [4.69, 9.17) is 32.7 Å². The number of epoxide rings is 1. The molecule has 92 valence electrons. The van der Waals surface area contributed by atoms with Crippen LogP contribution in [0.25, 0.3) is 0 Å². The molecular formula is C11H10Cl2O4. The van der Waals surface area contributed by atoms with E-state index in [1.165, 1.54) is 14.2 Å². The average molecular weight is 277 g/mol. The van der Waals surface area contributed by atoms with Crippen molar-refractivity contribution in [2.75, 3.05) is 14.2 Å². The highest BCUT2D eigenvalue weighted by molar-refractivity contribution is 6.35. The number of carbonyl (C=O) groups excluding carboxylic acids is 1. The van der Waals surface area contributed by atoms with Gasteiger partial charge in [0, 0.05) is 10.6 Å². The Labute approximate surface area is 108 Å². The van der Waals surface area contributed by atoms with Crippen LogP contribution < -0.4 is 4.74 Å². The Kier molecular flexibility index (Phi) is 3.47. The van der Waals surface area contributed by atoms with Gasteiger partial charge in [-0.25, -0.2) is 4.79 Å². The second kappa shape index (κ2) is 4.72. The molecule has 1 aromatic carbocycles. The topological polar surface area (TPSA) is 48.1 Å². The van der Waals surface area contributed by atoms with E-state index in [1.807, 2.05) is 0 Å². The van der Waals surface area contributed by atoms with Crippen molar-refractivity contribution in [1.29, 1.82) is 0 Å². The molecule has 1 aliphatic rings. The monoisotopic (exact) mass is 276 g/mol. The smallest absolute Gasteiger partial charge is 0.338 e. The van der Waals surface area contributed by atoms with Gasteiger partial charge in [0.2, 0.25) is 0 Å². The standard InChI is InChI=1S/C11H10Cl2O4/c1-15-8-6(3-5(12)4-7(8)13)9-10(17-9)11(14)16-2/h3-4,9-10H,1-2H3/t9-,10+/m1/s1. The van der Waals surface area contributed by atoms with Crippen molar-refractivity contribution in [3.8, 4) is 5.75 Å². The third kappa shape index (κ3) is 2.34. The second-order valence-electron chi connectivity index (χ2n) is 3.51. The molecule has 17 heavy (non-hydrogen) atoms. The van der Waals surface area contributed by atoms with Crippen molar-refractivity contribution in [1.82, 2.24) is 0 Å². The summed E-state index contributed by atoms with van der Waals surface area (Å²) in [6.45, 7) is 0. The molecule has 0 saturated carbocycles. The third-order valence-corrected chi connectivity index (χ3v) is 2.97. The van der Waals surface area contributed by atoms with Gasteiger partial charge >= 0.3 is 5.97 Å². The van der Waals surface area contributed by atoms with Crippen molar-refractivity contribution in [3.05, 3.63) is 27.7 Å². The molecule has 0 radical (unpaired) electrons. The van der Waals surface area contributed by atoms with Crippen LogP contribution in [0.1, 0.15) is 11.7 Å². The summed E-state index contributed by atoms with van der Waals surface area (Å²) in [6.07, 6.45) is -1.02. The predicted molar refractivity (Wildman–Crippen MR) is 62.6 cm³/mol. The maximum absolute atomic E-state index is 11.3. The summed E-state index contributed by atoms with van der Waals surface area (Å²) in [6, 6.07) is 3.24. The molecule has 1 fully saturated rings. The Morgan fingerprint density at radius 1 is 1.35 bits per heavy atom. The van der Waals surface area contributed by atoms with Crippen molar-refractivity contribution in [2.24, 2.45) is 0 Å². The molecule has 2 rings (SSSR count). The number of hydrogen-bond donors (Lipinski definition) is 0. The SMILES string of the molecule is COC(=O)[C@H]1O[C@@H]1c1cc(Cl)cc(Cl)c1OC. The number of methoxy groups -OCH3 is 2. The van der Waals surface area contributed by atoms with Crippen LogP contribution in [-0.4, -0.2) is 26.3 Å². The highest BCUT2D eigenvalue weighted by Crippen LogP contribution is 2.46. The van der Waals surface area contributed by atoms with E-state index in [0.29, 0.717) is 21.4 Å². The van der Waals surface area contributed by atoms with Crippen molar-refractivity contribution in [2.45, 2.75) is 12.2 Å². The molecule has 0 aromatic heterocycles. The van der Waals surface area contributed by atoms with E-state index in [2.05, 4.69) is 4.74 Å². The molecule has 4 nitrogen and oxygen atoms in total. The van der Waals surface area contributed by atoms with Gasteiger partial charge < -0.3 is 14.2 Å².